The van der Waals surface area contributed by atoms with E-state index in [0.717, 1.165) is 23.8 Å². The lowest BCUT2D eigenvalue weighted by Crippen LogP contribution is -2.43. The second-order valence-corrected chi connectivity index (χ2v) is 6.34. The molecule has 1 aliphatic carbocycles. The molecule has 3 nitrogen and oxygen atoms in total. The van der Waals surface area contributed by atoms with Crippen LogP contribution in [0.25, 0.3) is 0 Å². The van der Waals surface area contributed by atoms with Gasteiger partial charge in [0.05, 0.1) is 5.71 Å². The van der Waals surface area contributed by atoms with Crippen molar-refractivity contribution in [2.75, 3.05) is 13.6 Å². The van der Waals surface area contributed by atoms with E-state index in [-0.39, 0.29) is 0 Å². The van der Waals surface area contributed by atoms with Crippen molar-refractivity contribution in [1.29, 1.82) is 0 Å². The van der Waals surface area contributed by atoms with Crippen LogP contribution in [0, 0.1) is 0 Å². The zero-order valence-corrected chi connectivity index (χ0v) is 13.5. The van der Waals surface area contributed by atoms with Crippen molar-refractivity contribution in [1.82, 2.24) is 9.91 Å². The van der Waals surface area contributed by atoms with E-state index in [1.165, 1.54) is 37.7 Å². The van der Waals surface area contributed by atoms with Gasteiger partial charge in [0.15, 0.2) is 5.11 Å². The molecule has 1 saturated carbocycles. The van der Waals surface area contributed by atoms with E-state index in [2.05, 4.69) is 36.2 Å². The molecule has 0 radical (unpaired) electrons. The van der Waals surface area contributed by atoms with Gasteiger partial charge in [0.1, 0.15) is 0 Å². The quantitative estimate of drug-likeness (QED) is 0.777. The van der Waals surface area contributed by atoms with Crippen LogP contribution in [0.1, 0.15) is 44.1 Å². The van der Waals surface area contributed by atoms with Crippen molar-refractivity contribution >= 4 is 23.0 Å². The molecule has 1 aromatic rings. The summed E-state index contributed by atoms with van der Waals surface area (Å²) in [5.74, 6) is 0. The Hall–Kier alpha value is -1.42. The maximum Gasteiger partial charge on any atom is 0.192 e. The maximum absolute atomic E-state index is 5.66. The Morgan fingerprint density at radius 3 is 2.62 bits per heavy atom. The zero-order valence-electron chi connectivity index (χ0n) is 12.7. The average molecular weight is 301 g/mol. The van der Waals surface area contributed by atoms with Crippen LogP contribution in [-0.2, 0) is 0 Å². The molecule has 0 aromatic heterocycles. The molecule has 1 aliphatic heterocycles. The molecule has 1 heterocycles. The number of thiocarbonyl (C=S) groups is 1. The van der Waals surface area contributed by atoms with Crippen molar-refractivity contribution in [2.24, 2.45) is 5.10 Å². The van der Waals surface area contributed by atoms with Gasteiger partial charge in [-0.25, -0.2) is 5.01 Å². The number of hydrogen-bond acceptors (Lipinski definition) is 2. The van der Waals surface area contributed by atoms with Gasteiger partial charge in [0.25, 0.3) is 0 Å². The highest BCUT2D eigenvalue weighted by Crippen LogP contribution is 2.23. The van der Waals surface area contributed by atoms with Crippen LogP contribution < -0.4 is 0 Å². The largest absolute Gasteiger partial charge is 0.348 e. The third-order valence-corrected chi connectivity index (χ3v) is 5.05. The topological polar surface area (TPSA) is 18.8 Å². The summed E-state index contributed by atoms with van der Waals surface area (Å²) in [6.07, 6.45) is 7.53. The normalized spacial score (nSPS) is 19.5. The van der Waals surface area contributed by atoms with Crippen molar-refractivity contribution in [3.05, 3.63) is 35.9 Å². The van der Waals surface area contributed by atoms with Crippen LogP contribution in [0.5, 0.6) is 0 Å². The van der Waals surface area contributed by atoms with Crippen LogP contribution >= 0.6 is 12.2 Å². The molecule has 112 valence electrons. The summed E-state index contributed by atoms with van der Waals surface area (Å²) in [6.45, 7) is 0.903. The Balaban J connectivity index is 1.67. The fourth-order valence-corrected chi connectivity index (χ4v) is 3.52. The third-order valence-electron chi connectivity index (χ3n) is 4.55. The standard InChI is InChI=1S/C17H23N3S/c1-19(15-10-6-3-7-11-15)17(21)20-13-12-16(18-20)14-8-4-2-5-9-14/h2,4-5,8-9,15H,3,6-7,10-13H2,1H3. The second-order valence-electron chi connectivity index (χ2n) is 5.97. The molecular weight excluding hydrogens is 278 g/mol. The summed E-state index contributed by atoms with van der Waals surface area (Å²) in [4.78, 5) is 2.27. The smallest absolute Gasteiger partial charge is 0.192 e. The van der Waals surface area contributed by atoms with E-state index in [4.69, 9.17) is 17.3 Å². The highest BCUT2D eigenvalue weighted by atomic mass is 32.1. The molecule has 2 aliphatic rings. The summed E-state index contributed by atoms with van der Waals surface area (Å²) in [5, 5.41) is 7.63. The first-order valence-electron chi connectivity index (χ1n) is 7.93. The summed E-state index contributed by atoms with van der Waals surface area (Å²) in [5.41, 5.74) is 2.36. The van der Waals surface area contributed by atoms with Crippen LogP contribution in [-0.4, -0.2) is 40.4 Å². The molecule has 0 spiro atoms. The molecule has 0 bridgehead atoms. The molecule has 4 heteroatoms. The van der Waals surface area contributed by atoms with Crippen LogP contribution in [0.3, 0.4) is 0 Å². The Labute approximate surface area is 132 Å². The molecule has 21 heavy (non-hydrogen) atoms. The number of hydrogen-bond donors (Lipinski definition) is 0. The van der Waals surface area contributed by atoms with E-state index in [9.17, 15) is 0 Å². The van der Waals surface area contributed by atoms with Crippen molar-refractivity contribution in [3.8, 4) is 0 Å². The third kappa shape index (κ3) is 3.26. The van der Waals surface area contributed by atoms with E-state index in [0.29, 0.717) is 6.04 Å². The van der Waals surface area contributed by atoms with Gasteiger partial charge in [0.2, 0.25) is 0 Å². The number of benzene rings is 1. The molecule has 0 N–H and O–H groups in total. The highest BCUT2D eigenvalue weighted by molar-refractivity contribution is 7.80. The van der Waals surface area contributed by atoms with Crippen LogP contribution in [0.2, 0.25) is 0 Å². The van der Waals surface area contributed by atoms with Gasteiger partial charge in [-0.2, -0.15) is 5.10 Å². The molecule has 1 fully saturated rings. The Kier molecular flexibility index (Phi) is 4.54. The molecule has 1 aromatic carbocycles. The first-order valence-corrected chi connectivity index (χ1v) is 8.34. The van der Waals surface area contributed by atoms with E-state index >= 15 is 0 Å². The minimum Gasteiger partial charge on any atom is -0.348 e. The lowest BCUT2D eigenvalue weighted by atomic mass is 9.95. The summed E-state index contributed by atoms with van der Waals surface area (Å²) in [6, 6.07) is 11.0. The van der Waals surface area contributed by atoms with Gasteiger partial charge in [0, 0.05) is 26.1 Å². The minimum absolute atomic E-state index is 0.599. The van der Waals surface area contributed by atoms with Crippen molar-refractivity contribution < 1.29 is 0 Å². The van der Waals surface area contributed by atoms with E-state index in [1.54, 1.807) is 0 Å². The van der Waals surface area contributed by atoms with Gasteiger partial charge < -0.3 is 4.90 Å². The predicted molar refractivity (Wildman–Crippen MR) is 91.5 cm³/mol. The lowest BCUT2D eigenvalue weighted by molar-refractivity contribution is 0.255. The first kappa shape index (κ1) is 14.5. The van der Waals surface area contributed by atoms with Crippen molar-refractivity contribution in [2.45, 2.75) is 44.6 Å². The Morgan fingerprint density at radius 2 is 1.90 bits per heavy atom. The number of rotatable bonds is 2. The van der Waals surface area contributed by atoms with E-state index < -0.39 is 0 Å². The molecule has 0 amide bonds. The zero-order chi connectivity index (χ0) is 14.7. The number of nitrogens with zero attached hydrogens (tertiary/aromatic N) is 3. The predicted octanol–water partition coefficient (Wildman–Crippen LogP) is 3.65. The Bertz CT molecular complexity index is 520. The summed E-state index contributed by atoms with van der Waals surface area (Å²) >= 11 is 5.66. The summed E-state index contributed by atoms with van der Waals surface area (Å²) < 4.78 is 0. The van der Waals surface area contributed by atoms with E-state index in [1.807, 2.05) is 11.1 Å². The number of hydrazone groups is 1. The molecule has 3 rings (SSSR count). The minimum atomic E-state index is 0.599. The second kappa shape index (κ2) is 6.56. The van der Waals surface area contributed by atoms with Gasteiger partial charge in [-0.3, -0.25) is 0 Å². The summed E-state index contributed by atoms with van der Waals surface area (Å²) in [7, 11) is 2.13. The van der Waals surface area contributed by atoms with Gasteiger partial charge >= 0.3 is 0 Å². The van der Waals surface area contributed by atoms with Gasteiger partial charge in [-0.1, -0.05) is 49.6 Å². The SMILES string of the molecule is CN(C(=S)N1CCC(c2ccccc2)=N1)C1CCCCC1. The van der Waals surface area contributed by atoms with Gasteiger partial charge in [-0.15, -0.1) is 0 Å². The van der Waals surface area contributed by atoms with Crippen molar-refractivity contribution in [3.63, 3.8) is 0 Å². The molecular formula is C17H23N3S. The fraction of sp³-hybridized carbons (Fsp3) is 0.529. The van der Waals surface area contributed by atoms with Crippen LogP contribution in [0.4, 0.5) is 0 Å². The fourth-order valence-electron chi connectivity index (χ4n) is 3.24. The van der Waals surface area contributed by atoms with Gasteiger partial charge in [-0.05, 0) is 30.6 Å². The monoisotopic (exact) mass is 301 g/mol. The average Bonchev–Trinajstić information content (AvgIpc) is 3.05. The molecule has 0 unspecified atom stereocenters. The Morgan fingerprint density at radius 1 is 1.19 bits per heavy atom. The highest BCUT2D eigenvalue weighted by Gasteiger charge is 2.26. The maximum atomic E-state index is 5.66. The van der Waals surface area contributed by atoms with Crippen LogP contribution in [0.15, 0.2) is 35.4 Å². The molecule has 0 atom stereocenters. The first-order chi connectivity index (χ1) is 10.3. The lowest BCUT2D eigenvalue weighted by Gasteiger charge is -2.35. The molecule has 0 saturated heterocycles.